The van der Waals surface area contributed by atoms with E-state index in [0.717, 1.165) is 45.0 Å². The van der Waals surface area contributed by atoms with Gasteiger partial charge in [0.2, 0.25) is 11.8 Å². The quantitative estimate of drug-likeness (QED) is 0.301. The number of likely N-dealkylation sites (N-methyl/N-ethyl adjacent to an activating group) is 1. The minimum Gasteiger partial charge on any atom is -0.496 e. The SMILES string of the molecule is COc1ccc2cc(Br)ccc2c1CN1C(=O)[C@@H](NC(=O)[C@H](C)N(C)C(=O)O)CN(C(=O)C23CC4CC(CC(C4)C2)C3)c2ccccc21. The number of para-hydroxylation sites is 2. The van der Waals surface area contributed by atoms with E-state index < -0.39 is 35.4 Å². The molecule has 0 spiro atoms. The third-order valence-electron chi connectivity index (χ3n) is 11.3. The molecule has 0 aromatic heterocycles. The van der Waals surface area contributed by atoms with Crippen LogP contribution in [0.15, 0.2) is 59.1 Å². The summed E-state index contributed by atoms with van der Waals surface area (Å²) < 4.78 is 6.72. The third-order valence-corrected chi connectivity index (χ3v) is 11.8. The van der Waals surface area contributed by atoms with Gasteiger partial charge in [0.25, 0.3) is 5.91 Å². The van der Waals surface area contributed by atoms with Gasteiger partial charge in [-0.25, -0.2) is 4.79 Å². The van der Waals surface area contributed by atoms with Crippen molar-refractivity contribution in [3.8, 4) is 5.75 Å². The predicted molar refractivity (Wildman–Crippen MR) is 186 cm³/mol. The zero-order valence-corrected chi connectivity index (χ0v) is 29.0. The van der Waals surface area contributed by atoms with Crippen LogP contribution in [0.2, 0.25) is 0 Å². The highest BCUT2D eigenvalue weighted by Crippen LogP contribution is 2.61. The van der Waals surface area contributed by atoms with Gasteiger partial charge in [-0.15, -0.1) is 0 Å². The average Bonchev–Trinajstić information content (AvgIpc) is 3.17. The van der Waals surface area contributed by atoms with Crippen LogP contribution >= 0.6 is 15.9 Å². The molecule has 11 heteroatoms. The first kappa shape index (κ1) is 32.4. The van der Waals surface area contributed by atoms with Crippen molar-refractivity contribution in [2.45, 2.75) is 64.1 Å². The number of carbonyl (C=O) groups excluding carboxylic acids is 3. The maximum Gasteiger partial charge on any atom is 0.407 e. The summed E-state index contributed by atoms with van der Waals surface area (Å²) in [6.07, 6.45) is 4.87. The standard InChI is InChI=1S/C37H41BrN4O6/c1-21(40(2)36(46)47)33(43)39-29-20-42(35(45)37-16-22-12-23(17-37)14-24(13-22)18-37)31-7-5-4-6-30(31)41(34(29)44)19-28-27-10-9-26(38)15-25(27)8-11-32(28)48-3/h4-11,15,21-24,29H,12-14,16-20H2,1-3H3,(H,39,43)(H,46,47)/t21-,22?,23?,24?,29-,37?/m0/s1. The Balaban J connectivity index is 1.33. The number of halogens is 1. The number of hydrogen-bond donors (Lipinski definition) is 2. The number of carbonyl (C=O) groups is 4. The van der Waals surface area contributed by atoms with E-state index in [-0.39, 0.29) is 19.0 Å². The molecule has 5 aliphatic rings. The largest absolute Gasteiger partial charge is 0.496 e. The number of nitrogens with one attached hydrogen (secondary N) is 1. The highest BCUT2D eigenvalue weighted by Gasteiger charge is 2.56. The van der Waals surface area contributed by atoms with Crippen LogP contribution in [0.4, 0.5) is 16.2 Å². The molecule has 1 heterocycles. The summed E-state index contributed by atoms with van der Waals surface area (Å²) in [5.74, 6) is 1.26. The molecular weight excluding hydrogens is 676 g/mol. The molecule has 1 aliphatic heterocycles. The second-order valence-electron chi connectivity index (χ2n) is 14.3. The van der Waals surface area contributed by atoms with Crippen LogP contribution in [0.25, 0.3) is 10.8 Å². The first-order chi connectivity index (χ1) is 23.0. The van der Waals surface area contributed by atoms with Gasteiger partial charge in [0.1, 0.15) is 17.8 Å². The summed E-state index contributed by atoms with van der Waals surface area (Å²) in [4.78, 5) is 59.3. The Morgan fingerprint density at radius 3 is 2.29 bits per heavy atom. The number of hydrogen-bond acceptors (Lipinski definition) is 5. The fourth-order valence-electron chi connectivity index (χ4n) is 9.20. The Kier molecular flexibility index (Phi) is 8.38. The lowest BCUT2D eigenvalue weighted by molar-refractivity contribution is -0.143. The van der Waals surface area contributed by atoms with Crippen molar-refractivity contribution in [2.75, 3.05) is 30.5 Å². The van der Waals surface area contributed by atoms with Gasteiger partial charge in [-0.05, 0) is 104 Å². The summed E-state index contributed by atoms with van der Waals surface area (Å²) in [6.45, 7) is 1.55. The van der Waals surface area contributed by atoms with Gasteiger partial charge in [0.05, 0.1) is 37.0 Å². The minimum absolute atomic E-state index is 0.0197. The number of fused-ring (bicyclic) bond motifs is 2. The highest BCUT2D eigenvalue weighted by atomic mass is 79.9. The number of amides is 4. The number of anilines is 2. The van der Waals surface area contributed by atoms with Gasteiger partial charge in [0, 0.05) is 17.1 Å². The van der Waals surface area contributed by atoms with E-state index in [1.807, 2.05) is 54.6 Å². The molecule has 252 valence electrons. The minimum atomic E-state index is -1.26. The van der Waals surface area contributed by atoms with Crippen molar-refractivity contribution in [1.82, 2.24) is 10.2 Å². The van der Waals surface area contributed by atoms with Crippen molar-refractivity contribution < 1.29 is 29.0 Å². The first-order valence-electron chi connectivity index (χ1n) is 16.7. The van der Waals surface area contributed by atoms with Gasteiger partial charge < -0.3 is 25.0 Å². The summed E-state index contributed by atoms with van der Waals surface area (Å²) in [6, 6.07) is 15.1. The summed E-state index contributed by atoms with van der Waals surface area (Å²) >= 11 is 3.56. The van der Waals surface area contributed by atoms with Crippen LogP contribution in [0.3, 0.4) is 0 Å². The Bertz CT molecular complexity index is 1780. The smallest absolute Gasteiger partial charge is 0.407 e. The molecule has 4 aliphatic carbocycles. The van der Waals surface area contributed by atoms with Crippen LogP contribution in [0.5, 0.6) is 5.75 Å². The molecule has 3 aromatic carbocycles. The summed E-state index contributed by atoms with van der Waals surface area (Å²) in [5.41, 5.74) is 1.50. The zero-order chi connectivity index (χ0) is 33.9. The van der Waals surface area contributed by atoms with E-state index in [4.69, 9.17) is 4.74 Å². The Morgan fingerprint density at radius 2 is 1.67 bits per heavy atom. The average molecular weight is 718 g/mol. The number of methoxy groups -OCH3 is 1. The fraction of sp³-hybridized carbons (Fsp3) is 0.459. The molecule has 4 amide bonds. The summed E-state index contributed by atoms with van der Waals surface area (Å²) in [7, 11) is 2.91. The molecule has 0 saturated heterocycles. The lowest BCUT2D eigenvalue weighted by Gasteiger charge is -2.56. The summed E-state index contributed by atoms with van der Waals surface area (Å²) in [5, 5.41) is 14.3. The number of rotatable bonds is 7. The van der Waals surface area contributed by atoms with E-state index in [1.54, 1.807) is 16.9 Å². The Hall–Kier alpha value is -4.12. The van der Waals surface area contributed by atoms with E-state index in [9.17, 15) is 24.3 Å². The molecular formula is C37H41BrN4O6. The number of benzene rings is 3. The molecule has 48 heavy (non-hydrogen) atoms. The van der Waals surface area contributed by atoms with Gasteiger partial charge in [-0.1, -0.05) is 40.2 Å². The predicted octanol–water partition coefficient (Wildman–Crippen LogP) is 6.19. The van der Waals surface area contributed by atoms with E-state index >= 15 is 0 Å². The van der Waals surface area contributed by atoms with Crippen LogP contribution in [-0.4, -0.2) is 66.6 Å². The maximum absolute atomic E-state index is 15.0. The molecule has 2 atom stereocenters. The molecule has 3 aromatic rings. The van der Waals surface area contributed by atoms with Gasteiger partial charge in [-0.2, -0.15) is 0 Å². The third kappa shape index (κ3) is 5.59. The lowest BCUT2D eigenvalue weighted by Crippen LogP contribution is -2.59. The second-order valence-corrected chi connectivity index (χ2v) is 15.2. The van der Waals surface area contributed by atoms with Crippen LogP contribution in [-0.2, 0) is 20.9 Å². The topological polar surface area (TPSA) is 119 Å². The van der Waals surface area contributed by atoms with Crippen molar-refractivity contribution in [2.24, 2.45) is 23.2 Å². The van der Waals surface area contributed by atoms with Gasteiger partial charge >= 0.3 is 6.09 Å². The number of carboxylic acid groups (broad SMARTS) is 1. The molecule has 8 rings (SSSR count). The Morgan fingerprint density at radius 1 is 1.02 bits per heavy atom. The lowest BCUT2D eigenvalue weighted by atomic mass is 9.49. The van der Waals surface area contributed by atoms with Crippen molar-refractivity contribution in [3.05, 3.63) is 64.6 Å². The molecule has 4 fully saturated rings. The van der Waals surface area contributed by atoms with Crippen LogP contribution in [0, 0.1) is 23.2 Å². The van der Waals surface area contributed by atoms with Gasteiger partial charge in [-0.3, -0.25) is 19.3 Å². The molecule has 10 nitrogen and oxygen atoms in total. The van der Waals surface area contributed by atoms with E-state index in [2.05, 4.69) is 21.2 Å². The molecule has 0 radical (unpaired) electrons. The molecule has 0 unspecified atom stereocenters. The first-order valence-corrected chi connectivity index (χ1v) is 17.5. The maximum atomic E-state index is 15.0. The normalized spacial score (nSPS) is 26.5. The van der Waals surface area contributed by atoms with Crippen LogP contribution in [0.1, 0.15) is 51.0 Å². The van der Waals surface area contributed by atoms with E-state index in [0.29, 0.717) is 34.9 Å². The number of nitrogens with zero attached hydrogens (tertiary/aromatic N) is 3. The second kappa shape index (κ2) is 12.4. The fourth-order valence-corrected chi connectivity index (χ4v) is 9.58. The van der Waals surface area contributed by atoms with Gasteiger partial charge in [0.15, 0.2) is 0 Å². The molecule has 4 saturated carbocycles. The molecule has 2 N–H and O–H groups in total. The van der Waals surface area contributed by atoms with Crippen molar-refractivity contribution >= 4 is 61.9 Å². The molecule has 4 bridgehead atoms. The monoisotopic (exact) mass is 716 g/mol. The van der Waals surface area contributed by atoms with Crippen LogP contribution < -0.4 is 19.9 Å². The highest BCUT2D eigenvalue weighted by molar-refractivity contribution is 9.10. The zero-order valence-electron chi connectivity index (χ0n) is 27.4. The Labute approximate surface area is 288 Å². The number of ether oxygens (including phenoxy) is 1. The van der Waals surface area contributed by atoms with Crippen molar-refractivity contribution in [1.29, 1.82) is 0 Å². The van der Waals surface area contributed by atoms with E-state index in [1.165, 1.54) is 33.2 Å². The van der Waals surface area contributed by atoms with Crippen molar-refractivity contribution in [3.63, 3.8) is 0 Å².